The predicted molar refractivity (Wildman–Crippen MR) is 83.6 cm³/mol. The summed E-state index contributed by atoms with van der Waals surface area (Å²) in [6, 6.07) is 6.94. The average molecular weight is 282 g/mol. The maximum atomic E-state index is 9.00. The number of nitrogens with zero attached hydrogens (tertiary/aromatic N) is 3. The Morgan fingerprint density at radius 2 is 2.29 bits per heavy atom. The number of aromatic nitrogens is 2. The van der Waals surface area contributed by atoms with E-state index in [0.717, 1.165) is 31.6 Å². The van der Waals surface area contributed by atoms with Crippen LogP contribution in [0.15, 0.2) is 24.5 Å². The van der Waals surface area contributed by atoms with Gasteiger partial charge in [-0.1, -0.05) is 13.8 Å². The van der Waals surface area contributed by atoms with Crippen LogP contribution in [0.3, 0.4) is 0 Å². The molecule has 0 aliphatic heterocycles. The minimum absolute atomic E-state index is 0.195. The van der Waals surface area contributed by atoms with Crippen molar-refractivity contribution in [3.63, 3.8) is 0 Å². The average Bonchev–Trinajstić information content (AvgIpc) is 3.13. The van der Waals surface area contributed by atoms with Crippen LogP contribution in [-0.2, 0) is 13.1 Å². The zero-order valence-corrected chi connectivity index (χ0v) is 12.8. The number of nitriles is 1. The van der Waals surface area contributed by atoms with E-state index in [1.54, 1.807) is 0 Å². The lowest BCUT2D eigenvalue weighted by Crippen LogP contribution is -2.21. The summed E-state index contributed by atoms with van der Waals surface area (Å²) < 4.78 is 2.25. The summed E-state index contributed by atoms with van der Waals surface area (Å²) in [5.74, 6) is 0. The third-order valence-corrected chi connectivity index (χ3v) is 4.33. The summed E-state index contributed by atoms with van der Waals surface area (Å²) in [5.41, 5.74) is 2.53. The maximum Gasteiger partial charge on any atom is 0.140 e. The van der Waals surface area contributed by atoms with Gasteiger partial charge in [-0.15, -0.1) is 0 Å². The van der Waals surface area contributed by atoms with Gasteiger partial charge in [0.25, 0.3) is 0 Å². The van der Waals surface area contributed by atoms with E-state index in [4.69, 9.17) is 5.26 Å². The first kappa shape index (κ1) is 14.1. The molecule has 0 atom stereocenters. The number of nitrogens with one attached hydrogen (secondary N) is 1. The fraction of sp³-hybridized carbons (Fsp3) is 0.529. The Bertz CT molecular complexity index is 674. The molecule has 3 rings (SSSR count). The Morgan fingerprint density at radius 3 is 2.95 bits per heavy atom. The molecular weight excluding hydrogens is 260 g/mol. The summed E-state index contributed by atoms with van der Waals surface area (Å²) >= 11 is 0. The fourth-order valence-corrected chi connectivity index (χ4v) is 2.87. The molecule has 4 heteroatoms. The van der Waals surface area contributed by atoms with E-state index in [9.17, 15) is 0 Å². The summed E-state index contributed by atoms with van der Waals surface area (Å²) in [7, 11) is 0. The van der Waals surface area contributed by atoms with Crippen LogP contribution < -0.4 is 5.32 Å². The fourth-order valence-electron chi connectivity index (χ4n) is 2.87. The highest BCUT2D eigenvalue weighted by atomic mass is 15.0. The molecule has 21 heavy (non-hydrogen) atoms. The molecular formula is C17H22N4. The number of pyridine rings is 1. The lowest BCUT2D eigenvalue weighted by Gasteiger charge is -2.12. The third kappa shape index (κ3) is 2.93. The normalized spacial score (nSPS) is 16.3. The molecule has 1 fully saturated rings. The second kappa shape index (κ2) is 5.50. The molecule has 0 saturated heterocycles. The molecule has 0 radical (unpaired) electrons. The lowest BCUT2D eigenvalue weighted by atomic mass is 10.0. The van der Waals surface area contributed by atoms with Crippen molar-refractivity contribution in [3.05, 3.63) is 30.1 Å². The summed E-state index contributed by atoms with van der Waals surface area (Å²) in [5, 5.41) is 13.7. The van der Waals surface area contributed by atoms with Gasteiger partial charge in [-0.2, -0.15) is 5.26 Å². The number of hydrogen-bond acceptors (Lipinski definition) is 3. The molecule has 1 saturated carbocycles. The van der Waals surface area contributed by atoms with Gasteiger partial charge < -0.3 is 9.88 Å². The van der Waals surface area contributed by atoms with Gasteiger partial charge in [0.2, 0.25) is 0 Å². The van der Waals surface area contributed by atoms with Gasteiger partial charge in [0.1, 0.15) is 5.65 Å². The van der Waals surface area contributed by atoms with Gasteiger partial charge in [-0.25, -0.2) is 4.98 Å². The number of hydrogen-bond donors (Lipinski definition) is 1. The van der Waals surface area contributed by atoms with Crippen molar-refractivity contribution in [3.8, 4) is 6.07 Å². The summed E-state index contributed by atoms with van der Waals surface area (Å²) in [6.45, 7) is 6.08. The molecule has 0 spiro atoms. The summed E-state index contributed by atoms with van der Waals surface area (Å²) in [6.07, 6.45) is 7.03. The SMILES string of the molecule is CC(C)NCc1cn(CC2(CC#N)CC2)c2ncccc12. The first-order chi connectivity index (χ1) is 10.1. The topological polar surface area (TPSA) is 53.6 Å². The van der Waals surface area contributed by atoms with Crippen molar-refractivity contribution >= 4 is 11.0 Å². The Balaban J connectivity index is 1.90. The molecule has 4 nitrogen and oxygen atoms in total. The van der Waals surface area contributed by atoms with Crippen molar-refractivity contribution in [2.24, 2.45) is 5.41 Å². The van der Waals surface area contributed by atoms with E-state index in [1.165, 1.54) is 10.9 Å². The van der Waals surface area contributed by atoms with E-state index in [-0.39, 0.29) is 5.41 Å². The molecule has 1 aliphatic carbocycles. The first-order valence-corrected chi connectivity index (χ1v) is 7.67. The Labute approximate surface area is 125 Å². The highest BCUT2D eigenvalue weighted by Gasteiger charge is 2.43. The van der Waals surface area contributed by atoms with Crippen molar-refractivity contribution < 1.29 is 0 Å². The monoisotopic (exact) mass is 282 g/mol. The van der Waals surface area contributed by atoms with Crippen molar-refractivity contribution in [1.29, 1.82) is 5.26 Å². The standard InChI is InChI=1S/C17H22N4/c1-13(2)20-10-14-11-21(12-17(5-6-17)7-8-18)16-15(14)4-3-9-19-16/h3-4,9,11,13,20H,5-7,10,12H2,1-2H3. The third-order valence-electron chi connectivity index (χ3n) is 4.33. The van der Waals surface area contributed by atoms with Crippen LogP contribution in [0.4, 0.5) is 0 Å². The van der Waals surface area contributed by atoms with Crippen molar-refractivity contribution in [1.82, 2.24) is 14.9 Å². The van der Waals surface area contributed by atoms with E-state index < -0.39 is 0 Å². The molecule has 2 aromatic rings. The molecule has 2 aromatic heterocycles. The quantitative estimate of drug-likeness (QED) is 0.885. The molecule has 0 aromatic carbocycles. The van der Waals surface area contributed by atoms with E-state index in [2.05, 4.69) is 47.0 Å². The van der Waals surface area contributed by atoms with Gasteiger partial charge in [0, 0.05) is 48.7 Å². The molecule has 0 unspecified atom stereocenters. The second-order valence-corrected chi connectivity index (χ2v) is 6.53. The Morgan fingerprint density at radius 1 is 1.48 bits per heavy atom. The molecule has 1 aliphatic rings. The van der Waals surface area contributed by atoms with Crippen molar-refractivity contribution in [2.75, 3.05) is 0 Å². The number of rotatable bonds is 6. The van der Waals surface area contributed by atoms with Crippen LogP contribution in [0.25, 0.3) is 11.0 Å². The zero-order valence-electron chi connectivity index (χ0n) is 12.8. The van der Waals surface area contributed by atoms with Gasteiger partial charge in [-0.05, 0) is 30.5 Å². The van der Waals surface area contributed by atoms with Crippen LogP contribution >= 0.6 is 0 Å². The largest absolute Gasteiger partial charge is 0.332 e. The number of fused-ring (bicyclic) bond motifs is 1. The van der Waals surface area contributed by atoms with Crippen LogP contribution in [0.2, 0.25) is 0 Å². The Hall–Kier alpha value is -1.86. The molecule has 110 valence electrons. The van der Waals surface area contributed by atoms with E-state index in [0.29, 0.717) is 12.5 Å². The van der Waals surface area contributed by atoms with Gasteiger partial charge in [-0.3, -0.25) is 0 Å². The van der Waals surface area contributed by atoms with E-state index >= 15 is 0 Å². The van der Waals surface area contributed by atoms with Crippen LogP contribution in [0.1, 0.15) is 38.7 Å². The lowest BCUT2D eigenvalue weighted by molar-refractivity contribution is 0.437. The minimum atomic E-state index is 0.195. The molecule has 0 bridgehead atoms. The van der Waals surface area contributed by atoms with E-state index in [1.807, 2.05) is 12.3 Å². The predicted octanol–water partition coefficient (Wildman–Crippen LogP) is 3.23. The summed E-state index contributed by atoms with van der Waals surface area (Å²) in [4.78, 5) is 4.55. The van der Waals surface area contributed by atoms with Crippen LogP contribution in [-0.4, -0.2) is 15.6 Å². The van der Waals surface area contributed by atoms with Gasteiger partial charge in [0.15, 0.2) is 0 Å². The molecule has 1 N–H and O–H groups in total. The smallest absolute Gasteiger partial charge is 0.140 e. The Kier molecular flexibility index (Phi) is 3.69. The second-order valence-electron chi connectivity index (χ2n) is 6.53. The van der Waals surface area contributed by atoms with Crippen LogP contribution in [0.5, 0.6) is 0 Å². The first-order valence-electron chi connectivity index (χ1n) is 7.67. The van der Waals surface area contributed by atoms with Crippen LogP contribution in [0, 0.1) is 16.7 Å². The maximum absolute atomic E-state index is 9.00. The zero-order chi connectivity index (χ0) is 14.9. The van der Waals surface area contributed by atoms with Crippen molar-refractivity contribution in [2.45, 2.75) is 52.2 Å². The highest BCUT2D eigenvalue weighted by molar-refractivity contribution is 5.80. The minimum Gasteiger partial charge on any atom is -0.332 e. The van der Waals surface area contributed by atoms with Gasteiger partial charge in [0.05, 0.1) is 6.07 Å². The van der Waals surface area contributed by atoms with Gasteiger partial charge >= 0.3 is 0 Å². The highest BCUT2D eigenvalue weighted by Crippen LogP contribution is 2.50. The molecule has 2 heterocycles. The molecule has 0 amide bonds.